The fourth-order valence-corrected chi connectivity index (χ4v) is 2.33. The summed E-state index contributed by atoms with van der Waals surface area (Å²) >= 11 is 1.88. The summed E-state index contributed by atoms with van der Waals surface area (Å²) in [6, 6.07) is 6.70. The first-order valence-electron chi connectivity index (χ1n) is 6.68. The average Bonchev–Trinajstić information content (AvgIpc) is 2.42. The molecule has 0 aliphatic rings. The Hall–Kier alpha value is -0.710. The van der Waals surface area contributed by atoms with Gasteiger partial charge in [-0.15, -0.1) is 0 Å². The van der Waals surface area contributed by atoms with Gasteiger partial charge in [0.05, 0.1) is 6.61 Å². The lowest BCUT2D eigenvalue weighted by atomic mass is 10.1. The summed E-state index contributed by atoms with van der Waals surface area (Å²) in [5.74, 6) is 1.16. The molecule has 0 amide bonds. The van der Waals surface area contributed by atoms with Crippen LogP contribution in [0.2, 0.25) is 0 Å². The number of thioether (sulfide) groups is 1. The number of hydrogen-bond donors (Lipinski definition) is 1. The molecule has 0 aliphatic carbocycles. The maximum absolute atomic E-state index is 5.03. The molecule has 1 N–H and O–H groups in total. The number of aryl methyl sites for hydroxylation is 1. The summed E-state index contributed by atoms with van der Waals surface area (Å²) in [5.41, 5.74) is 4.00. The zero-order valence-corrected chi connectivity index (χ0v) is 13.3. The monoisotopic (exact) mass is 282 g/mol. The van der Waals surface area contributed by atoms with Gasteiger partial charge in [-0.3, -0.25) is 0 Å². The zero-order valence-electron chi connectivity index (χ0n) is 12.5. The normalized spacial score (nSPS) is 10.7. The quantitative estimate of drug-likeness (QED) is 0.704. The first kappa shape index (κ1) is 16.3. The Morgan fingerprint density at radius 3 is 2.79 bits per heavy atom. The van der Waals surface area contributed by atoms with Crippen LogP contribution in [-0.4, -0.2) is 45.9 Å². The van der Waals surface area contributed by atoms with Crippen molar-refractivity contribution in [3.63, 3.8) is 0 Å². The topological polar surface area (TPSA) is 24.5 Å². The van der Waals surface area contributed by atoms with Gasteiger partial charge in [0.25, 0.3) is 0 Å². The fourth-order valence-electron chi connectivity index (χ4n) is 1.87. The Balaban J connectivity index is 2.53. The second-order valence-electron chi connectivity index (χ2n) is 4.69. The Labute approximate surface area is 121 Å². The molecule has 3 nitrogen and oxygen atoms in total. The third-order valence-corrected chi connectivity index (χ3v) is 3.79. The fraction of sp³-hybridized carbons (Fsp3) is 0.600. The van der Waals surface area contributed by atoms with Gasteiger partial charge < -0.3 is 15.0 Å². The minimum Gasteiger partial charge on any atom is -0.383 e. The molecule has 0 spiro atoms. The van der Waals surface area contributed by atoms with Crippen molar-refractivity contribution in [1.82, 2.24) is 5.32 Å². The molecule has 0 saturated heterocycles. The number of rotatable bonds is 9. The molecule has 0 saturated carbocycles. The largest absolute Gasteiger partial charge is 0.383 e. The third kappa shape index (κ3) is 5.85. The van der Waals surface area contributed by atoms with E-state index in [9.17, 15) is 0 Å². The van der Waals surface area contributed by atoms with E-state index in [1.165, 1.54) is 16.8 Å². The first-order chi connectivity index (χ1) is 9.19. The van der Waals surface area contributed by atoms with Crippen LogP contribution in [0.3, 0.4) is 0 Å². The molecule has 0 fully saturated rings. The molecule has 1 aromatic carbocycles. The van der Waals surface area contributed by atoms with Crippen molar-refractivity contribution >= 4 is 17.4 Å². The molecule has 0 heterocycles. The lowest BCUT2D eigenvalue weighted by Crippen LogP contribution is -2.21. The molecule has 108 valence electrons. The van der Waals surface area contributed by atoms with Crippen LogP contribution < -0.4 is 10.2 Å². The van der Waals surface area contributed by atoms with Crippen molar-refractivity contribution in [2.24, 2.45) is 0 Å². The SMILES string of the molecule is COCCNCc1ccc(N(C)CCSC)cc1C. The number of nitrogens with one attached hydrogen (secondary N) is 1. The highest BCUT2D eigenvalue weighted by Crippen LogP contribution is 2.18. The molecular weight excluding hydrogens is 256 g/mol. The number of ether oxygens (including phenoxy) is 1. The predicted molar refractivity (Wildman–Crippen MR) is 86.4 cm³/mol. The lowest BCUT2D eigenvalue weighted by Gasteiger charge is -2.20. The molecule has 1 rings (SSSR count). The Morgan fingerprint density at radius 2 is 2.16 bits per heavy atom. The second-order valence-corrected chi connectivity index (χ2v) is 5.68. The van der Waals surface area contributed by atoms with Crippen LogP contribution >= 0.6 is 11.8 Å². The number of benzene rings is 1. The zero-order chi connectivity index (χ0) is 14.1. The standard InChI is InChI=1S/C15H26N2OS/c1-13-11-15(17(2)8-10-19-4)6-5-14(13)12-16-7-9-18-3/h5-6,11,16H,7-10,12H2,1-4H3. The van der Waals surface area contributed by atoms with Crippen molar-refractivity contribution in [2.45, 2.75) is 13.5 Å². The van der Waals surface area contributed by atoms with E-state index in [1.807, 2.05) is 11.8 Å². The van der Waals surface area contributed by atoms with Crippen LogP contribution in [0.1, 0.15) is 11.1 Å². The Bertz CT molecular complexity index is 371. The molecule has 0 radical (unpaired) electrons. The molecule has 0 bridgehead atoms. The molecule has 0 aliphatic heterocycles. The molecule has 4 heteroatoms. The Kier molecular flexibility index (Phi) is 7.94. The van der Waals surface area contributed by atoms with E-state index in [4.69, 9.17) is 4.74 Å². The van der Waals surface area contributed by atoms with Gasteiger partial charge in [0.1, 0.15) is 0 Å². The van der Waals surface area contributed by atoms with Crippen LogP contribution in [0.15, 0.2) is 18.2 Å². The smallest absolute Gasteiger partial charge is 0.0587 e. The summed E-state index contributed by atoms with van der Waals surface area (Å²) in [5, 5.41) is 3.38. The van der Waals surface area contributed by atoms with Crippen molar-refractivity contribution < 1.29 is 4.74 Å². The van der Waals surface area contributed by atoms with Crippen LogP contribution in [0.4, 0.5) is 5.69 Å². The van der Waals surface area contributed by atoms with Crippen molar-refractivity contribution in [1.29, 1.82) is 0 Å². The predicted octanol–water partition coefficient (Wildman–Crippen LogP) is 2.53. The van der Waals surface area contributed by atoms with E-state index in [0.29, 0.717) is 0 Å². The molecule has 0 aromatic heterocycles. The van der Waals surface area contributed by atoms with Gasteiger partial charge in [0, 0.05) is 45.2 Å². The summed E-state index contributed by atoms with van der Waals surface area (Å²) in [6.07, 6.45) is 2.15. The maximum Gasteiger partial charge on any atom is 0.0587 e. The van der Waals surface area contributed by atoms with Gasteiger partial charge in [-0.1, -0.05) is 6.07 Å². The van der Waals surface area contributed by atoms with E-state index in [-0.39, 0.29) is 0 Å². The summed E-state index contributed by atoms with van der Waals surface area (Å²) < 4.78 is 5.03. The molecule has 1 aromatic rings. The van der Waals surface area contributed by atoms with E-state index < -0.39 is 0 Å². The van der Waals surface area contributed by atoms with E-state index in [2.05, 4.69) is 48.6 Å². The minimum atomic E-state index is 0.758. The number of methoxy groups -OCH3 is 1. The summed E-state index contributed by atoms with van der Waals surface area (Å²) in [6.45, 7) is 5.83. The molecular formula is C15H26N2OS. The van der Waals surface area contributed by atoms with Crippen molar-refractivity contribution in [3.8, 4) is 0 Å². The van der Waals surface area contributed by atoms with Gasteiger partial charge >= 0.3 is 0 Å². The number of nitrogens with zero attached hydrogens (tertiary/aromatic N) is 1. The first-order valence-corrected chi connectivity index (χ1v) is 8.07. The van der Waals surface area contributed by atoms with Crippen LogP contribution in [-0.2, 0) is 11.3 Å². The molecule has 19 heavy (non-hydrogen) atoms. The van der Waals surface area contributed by atoms with E-state index in [0.717, 1.165) is 32.0 Å². The van der Waals surface area contributed by atoms with Gasteiger partial charge in [-0.05, 0) is 36.4 Å². The van der Waals surface area contributed by atoms with Crippen LogP contribution in [0, 0.1) is 6.92 Å². The molecule has 0 unspecified atom stereocenters. The third-order valence-electron chi connectivity index (χ3n) is 3.20. The van der Waals surface area contributed by atoms with Crippen LogP contribution in [0.25, 0.3) is 0 Å². The maximum atomic E-state index is 5.03. The average molecular weight is 282 g/mol. The van der Waals surface area contributed by atoms with Crippen molar-refractivity contribution in [2.75, 3.05) is 50.8 Å². The van der Waals surface area contributed by atoms with Gasteiger partial charge in [0.2, 0.25) is 0 Å². The molecule has 0 atom stereocenters. The van der Waals surface area contributed by atoms with Crippen LogP contribution in [0.5, 0.6) is 0 Å². The second kappa shape index (κ2) is 9.23. The highest BCUT2D eigenvalue weighted by molar-refractivity contribution is 7.98. The Morgan fingerprint density at radius 1 is 1.37 bits per heavy atom. The summed E-state index contributed by atoms with van der Waals surface area (Å²) in [7, 11) is 3.88. The highest BCUT2D eigenvalue weighted by atomic mass is 32.2. The van der Waals surface area contributed by atoms with Crippen molar-refractivity contribution in [3.05, 3.63) is 29.3 Å². The number of anilines is 1. The minimum absolute atomic E-state index is 0.758. The van der Waals surface area contributed by atoms with E-state index >= 15 is 0 Å². The lowest BCUT2D eigenvalue weighted by molar-refractivity contribution is 0.199. The van der Waals surface area contributed by atoms with Gasteiger partial charge in [0.15, 0.2) is 0 Å². The van der Waals surface area contributed by atoms with Gasteiger partial charge in [-0.25, -0.2) is 0 Å². The van der Waals surface area contributed by atoms with E-state index in [1.54, 1.807) is 7.11 Å². The van der Waals surface area contributed by atoms with Gasteiger partial charge in [-0.2, -0.15) is 11.8 Å². The summed E-state index contributed by atoms with van der Waals surface area (Å²) in [4.78, 5) is 2.31. The number of hydrogen-bond acceptors (Lipinski definition) is 4. The highest BCUT2D eigenvalue weighted by Gasteiger charge is 2.04.